The third-order valence-corrected chi connectivity index (χ3v) is 11.4. The summed E-state index contributed by atoms with van der Waals surface area (Å²) in [5, 5.41) is 48.9. The maximum absolute atomic E-state index is 13.5. The number of rotatable bonds is 19. The van der Waals surface area contributed by atoms with Crippen molar-refractivity contribution in [1.29, 1.82) is 0 Å². The second-order valence-electron chi connectivity index (χ2n) is 17.7. The molecule has 23 nitrogen and oxygen atoms in total. The summed E-state index contributed by atoms with van der Waals surface area (Å²) >= 11 is 0. The van der Waals surface area contributed by atoms with Gasteiger partial charge in [0.2, 0.25) is 11.8 Å². The molecule has 24 heteroatoms. The van der Waals surface area contributed by atoms with Crippen molar-refractivity contribution in [2.24, 2.45) is 11.8 Å². The zero-order valence-electron chi connectivity index (χ0n) is 43.6. The molecule has 6 aromatic rings. The molecular weight excluding hydrogens is 972 g/mol. The number of pyridine rings is 2. The number of carboxylic acid groups (broad SMARTS) is 1. The van der Waals surface area contributed by atoms with E-state index < -0.39 is 36.1 Å². The summed E-state index contributed by atoms with van der Waals surface area (Å²) in [5.74, 6) is -1.85. The van der Waals surface area contributed by atoms with Gasteiger partial charge in [-0.1, -0.05) is 76.2 Å². The molecular formula is C51H65LiN8O15. The quantitative estimate of drug-likeness (QED) is 0.0256. The van der Waals surface area contributed by atoms with Crippen LogP contribution in [0.3, 0.4) is 0 Å². The number of carbonyl (C=O) groups is 4. The van der Waals surface area contributed by atoms with Gasteiger partial charge < -0.3 is 35.1 Å². The molecule has 2 amide bonds. The maximum atomic E-state index is 13.5. The van der Waals surface area contributed by atoms with E-state index in [0.717, 1.165) is 50.6 Å². The van der Waals surface area contributed by atoms with E-state index in [1.54, 1.807) is 42.7 Å². The number of esters is 1. The molecule has 400 valence electrons. The first kappa shape index (κ1) is 65.7. The van der Waals surface area contributed by atoms with Crippen LogP contribution in [0.2, 0.25) is 0 Å². The van der Waals surface area contributed by atoms with E-state index in [1.807, 2.05) is 97.9 Å². The number of aryl methyl sites for hydroxylation is 4. The van der Waals surface area contributed by atoms with Crippen LogP contribution in [0.5, 0.6) is 0 Å². The van der Waals surface area contributed by atoms with Crippen LogP contribution in [0.25, 0.3) is 22.3 Å². The molecule has 6 rings (SSSR count). The fraction of sp³-hybridized carbons (Fsp3) is 0.373. The van der Waals surface area contributed by atoms with Crippen LogP contribution in [-0.2, 0) is 34.0 Å². The average molecular weight is 1040 g/mol. The fourth-order valence-electron chi connectivity index (χ4n) is 8.22. The van der Waals surface area contributed by atoms with Crippen LogP contribution in [0, 0.1) is 49.5 Å². The molecule has 0 saturated heterocycles. The standard InChI is InChI=1S/C26H32N4O4.C25H30N4O4.Li.H2O4.O2.H2O/c1-16(2)13-22(30-12-7-6-11-23(30)31)26(33)27-21(15-24(32)34-5)19-9-8-10-20(14-19)25-17(3)28-29-18(25)4;1-15(2)12-21(29-11-6-5-10-22(29)30)25(33)26-20(14-23(31)32)18-8-7-9-19(13-18)24-16(3)27-28-17(24)4;;1-3-4-2;1-2;/h6-12,14,16,21-22H,13,15H2,1-5H3,(H,27,33)(H,28,29);5-11,13,15,20-21H,12,14H2,1-4H3,(H,26,33)(H,27,28)(H,31,32);;1-2H;;1H2/q;;+1;;;/p-1/t21-,22?;20-,21?;;;;/m01..../s1. The van der Waals surface area contributed by atoms with Crippen molar-refractivity contribution >= 4 is 23.8 Å². The number of nitrogens with one attached hydrogen (secondary N) is 4. The Labute approximate surface area is 444 Å². The molecule has 0 spiro atoms. The van der Waals surface area contributed by atoms with Gasteiger partial charge in [0.1, 0.15) is 12.1 Å². The van der Waals surface area contributed by atoms with Gasteiger partial charge in [0.15, 0.2) is 0 Å². The van der Waals surface area contributed by atoms with Crippen molar-refractivity contribution in [3.8, 4) is 22.3 Å². The molecule has 4 aromatic heterocycles. The van der Waals surface area contributed by atoms with E-state index in [0.29, 0.717) is 18.4 Å². The first-order valence-corrected chi connectivity index (χ1v) is 23.1. The van der Waals surface area contributed by atoms with Crippen LogP contribution in [0.1, 0.15) is 111 Å². The molecule has 75 heavy (non-hydrogen) atoms. The van der Waals surface area contributed by atoms with E-state index in [4.69, 9.17) is 25.2 Å². The summed E-state index contributed by atoms with van der Waals surface area (Å²) in [6.45, 7) is 15.6. The van der Waals surface area contributed by atoms with E-state index in [9.17, 15) is 33.9 Å². The number of hydrogen-bond donors (Lipinski definition) is 7. The number of aromatic amines is 2. The summed E-state index contributed by atoms with van der Waals surface area (Å²) in [6, 6.07) is 21.9. The van der Waals surface area contributed by atoms with Gasteiger partial charge in [-0.3, -0.25) is 39.0 Å². The van der Waals surface area contributed by atoms with Gasteiger partial charge in [0, 0.05) is 57.0 Å². The minimum atomic E-state index is -1.03. The fourth-order valence-corrected chi connectivity index (χ4v) is 8.22. The number of hydrogen-bond acceptors (Lipinski definition) is 16. The molecule has 2 unspecified atom stereocenters. The van der Waals surface area contributed by atoms with Crippen molar-refractivity contribution in [2.45, 2.75) is 105 Å². The molecule has 8 N–H and O–H groups in total. The van der Waals surface area contributed by atoms with Crippen molar-refractivity contribution in [2.75, 3.05) is 7.11 Å². The van der Waals surface area contributed by atoms with Crippen molar-refractivity contribution in [1.82, 2.24) is 40.2 Å². The molecule has 2 aromatic carbocycles. The minimum absolute atomic E-state index is 0. The van der Waals surface area contributed by atoms with Crippen LogP contribution in [0.15, 0.2) is 107 Å². The zero-order valence-corrected chi connectivity index (χ0v) is 43.6. The Kier molecular flexibility index (Phi) is 28.7. The predicted octanol–water partition coefficient (Wildman–Crippen LogP) is 4.41. The number of amides is 2. The molecule has 0 aliphatic heterocycles. The van der Waals surface area contributed by atoms with Crippen LogP contribution < -0.4 is 40.6 Å². The Morgan fingerprint density at radius 2 is 1.01 bits per heavy atom. The Morgan fingerprint density at radius 3 is 1.32 bits per heavy atom. The smallest absolute Gasteiger partial charge is 0.870 e. The third-order valence-electron chi connectivity index (χ3n) is 11.4. The van der Waals surface area contributed by atoms with Crippen molar-refractivity contribution in [3.63, 3.8) is 0 Å². The molecule has 0 bridgehead atoms. The second-order valence-corrected chi connectivity index (χ2v) is 17.7. The molecule has 0 saturated carbocycles. The number of ether oxygens (including phenoxy) is 1. The summed E-state index contributed by atoms with van der Waals surface area (Å²) in [5.41, 5.74) is 8.21. The summed E-state index contributed by atoms with van der Waals surface area (Å²) in [4.78, 5) is 89.5. The molecule has 0 aliphatic rings. The Bertz CT molecular complexity index is 2820. The number of methoxy groups -OCH3 is 1. The Hall–Kier alpha value is -7.36. The van der Waals surface area contributed by atoms with Gasteiger partial charge in [-0.2, -0.15) is 10.2 Å². The van der Waals surface area contributed by atoms with E-state index in [1.165, 1.54) is 28.4 Å². The molecule has 0 radical (unpaired) electrons. The number of H-pyrrole nitrogens is 2. The Balaban J connectivity index is 0.000000663. The molecule has 0 fully saturated rings. The second kappa shape index (κ2) is 32.7. The number of carbonyl (C=O) groups excluding carboxylic acids is 3. The van der Waals surface area contributed by atoms with Gasteiger partial charge in [-0.15, -0.1) is 0 Å². The van der Waals surface area contributed by atoms with Crippen LogP contribution in [0.4, 0.5) is 0 Å². The number of aromatic nitrogens is 6. The van der Waals surface area contributed by atoms with E-state index in [2.05, 4.69) is 41.1 Å². The maximum Gasteiger partial charge on any atom is 1.00 e. The largest absolute Gasteiger partial charge is 1.00 e. The summed E-state index contributed by atoms with van der Waals surface area (Å²) in [7, 11) is 1.32. The van der Waals surface area contributed by atoms with Crippen molar-refractivity contribution in [3.05, 3.63) is 162 Å². The van der Waals surface area contributed by atoms with Gasteiger partial charge in [0.25, 0.3) is 11.1 Å². The summed E-state index contributed by atoms with van der Waals surface area (Å²) in [6.07, 6.45) is 3.82. The number of nitrogens with zero attached hydrogens (tertiary/aromatic N) is 4. The van der Waals surface area contributed by atoms with Gasteiger partial charge in [0.05, 0.1) is 43.4 Å². The Morgan fingerprint density at radius 1 is 0.627 bits per heavy atom. The topological polar surface area (TPSA) is 346 Å². The average Bonchev–Trinajstić information content (AvgIpc) is 3.90. The minimum Gasteiger partial charge on any atom is -0.870 e. The zero-order chi connectivity index (χ0) is 54.4. The first-order chi connectivity index (χ1) is 34.8. The normalized spacial score (nSPS) is 12.0. The summed E-state index contributed by atoms with van der Waals surface area (Å²) < 4.78 is 7.74. The molecule has 0 aliphatic carbocycles. The third kappa shape index (κ3) is 19.5. The van der Waals surface area contributed by atoms with Gasteiger partial charge in [-0.05, 0) is 109 Å². The first-order valence-electron chi connectivity index (χ1n) is 23.1. The van der Waals surface area contributed by atoms with E-state index in [-0.39, 0.29) is 71.9 Å². The SMILES string of the molecule is COC(=O)C[C@H](NC(=O)C(CC(C)C)n1ccccc1=O)c1cccc(-c2c(C)n[nH]c2C)c1.Cc1n[nH]c(C)c1-c1cccc([C@@H](CC(=O)O)NC(=O)C(CC(C)C)n2ccccc2=O)c1.O=O.OOOO.[Li+].[OH-]. The number of carboxylic acids is 1. The van der Waals surface area contributed by atoms with Crippen LogP contribution in [-0.4, -0.2) is 81.5 Å². The van der Waals surface area contributed by atoms with Gasteiger partial charge in [-0.25, -0.2) is 10.5 Å². The van der Waals surface area contributed by atoms with Crippen molar-refractivity contribution < 1.29 is 73.9 Å². The monoisotopic (exact) mass is 1040 g/mol. The van der Waals surface area contributed by atoms with E-state index >= 15 is 0 Å². The predicted molar refractivity (Wildman–Crippen MR) is 272 cm³/mol. The molecule has 4 atom stereocenters. The molecule has 4 heterocycles. The number of aliphatic carboxylic acids is 1. The number of benzene rings is 2. The van der Waals surface area contributed by atoms with Gasteiger partial charge >= 0.3 is 30.8 Å². The van der Waals surface area contributed by atoms with Crippen LogP contribution >= 0.6 is 0 Å².